The molecule has 168 valence electrons. The molecule has 0 aliphatic carbocycles. The highest BCUT2D eigenvalue weighted by Crippen LogP contribution is 2.26. The topological polar surface area (TPSA) is 87.7 Å². The summed E-state index contributed by atoms with van der Waals surface area (Å²) in [5.74, 6) is 0.502. The smallest absolute Gasteiger partial charge is 0.243 e. The predicted molar refractivity (Wildman–Crippen MR) is 123 cm³/mol. The Balaban J connectivity index is 1.69. The second-order valence-electron chi connectivity index (χ2n) is 7.88. The number of aryl methyl sites for hydroxylation is 2. The third-order valence-corrected chi connectivity index (χ3v) is 7.57. The molecule has 1 saturated heterocycles. The second-order valence-corrected chi connectivity index (χ2v) is 9.79. The van der Waals surface area contributed by atoms with Crippen molar-refractivity contribution in [3.05, 3.63) is 47.5 Å². The number of nitrogens with zero attached hydrogens (tertiary/aromatic N) is 1. The summed E-state index contributed by atoms with van der Waals surface area (Å²) in [6.45, 7) is 4.87. The van der Waals surface area contributed by atoms with Crippen molar-refractivity contribution in [3.63, 3.8) is 0 Å². The highest BCUT2D eigenvalue weighted by atomic mass is 32.2. The number of ether oxygens (including phenoxy) is 1. The van der Waals surface area contributed by atoms with E-state index in [1.165, 1.54) is 0 Å². The normalized spacial score (nSPS) is 15.2. The number of anilines is 2. The molecule has 8 heteroatoms. The first-order chi connectivity index (χ1) is 14.8. The van der Waals surface area contributed by atoms with Crippen LogP contribution < -0.4 is 15.4 Å². The molecule has 0 atom stereocenters. The molecule has 0 unspecified atom stereocenters. The van der Waals surface area contributed by atoms with Gasteiger partial charge in [-0.05, 0) is 68.1 Å². The van der Waals surface area contributed by atoms with Crippen LogP contribution in [0.15, 0.2) is 41.3 Å². The van der Waals surface area contributed by atoms with E-state index in [9.17, 15) is 13.2 Å². The molecule has 1 aliphatic rings. The zero-order valence-electron chi connectivity index (χ0n) is 18.4. The van der Waals surface area contributed by atoms with Gasteiger partial charge in [0.2, 0.25) is 15.9 Å². The van der Waals surface area contributed by atoms with Crippen molar-refractivity contribution in [2.45, 2.75) is 44.4 Å². The van der Waals surface area contributed by atoms with Gasteiger partial charge in [0.25, 0.3) is 0 Å². The Morgan fingerprint density at radius 1 is 1.00 bits per heavy atom. The SMILES string of the molecule is COc1ccc(NCC(=O)Nc2ccc(C)c(S(=O)(=O)N3CCCCCC3)c2)c(C)c1. The molecule has 0 aromatic heterocycles. The van der Waals surface area contributed by atoms with E-state index in [1.807, 2.05) is 25.1 Å². The van der Waals surface area contributed by atoms with Gasteiger partial charge in [0.1, 0.15) is 5.75 Å². The van der Waals surface area contributed by atoms with Crippen molar-refractivity contribution >= 4 is 27.3 Å². The summed E-state index contributed by atoms with van der Waals surface area (Å²) in [6.07, 6.45) is 3.87. The molecule has 2 aromatic rings. The van der Waals surface area contributed by atoms with Crippen LogP contribution in [0.5, 0.6) is 5.75 Å². The minimum atomic E-state index is -3.59. The minimum absolute atomic E-state index is 0.0647. The van der Waals surface area contributed by atoms with Gasteiger partial charge in [0, 0.05) is 24.5 Å². The number of benzene rings is 2. The molecule has 3 rings (SSSR count). The summed E-state index contributed by atoms with van der Waals surface area (Å²) in [4.78, 5) is 12.7. The zero-order chi connectivity index (χ0) is 22.4. The molecule has 0 radical (unpaired) electrons. The first kappa shape index (κ1) is 23.1. The fraction of sp³-hybridized carbons (Fsp3) is 0.435. The van der Waals surface area contributed by atoms with Gasteiger partial charge in [-0.2, -0.15) is 4.31 Å². The number of methoxy groups -OCH3 is 1. The zero-order valence-corrected chi connectivity index (χ0v) is 19.2. The Hall–Kier alpha value is -2.58. The van der Waals surface area contributed by atoms with Crippen molar-refractivity contribution < 1.29 is 17.9 Å². The van der Waals surface area contributed by atoms with Crippen LogP contribution in [0.2, 0.25) is 0 Å². The van der Waals surface area contributed by atoms with Crippen LogP contribution in [-0.2, 0) is 14.8 Å². The van der Waals surface area contributed by atoms with Crippen molar-refractivity contribution in [2.24, 2.45) is 0 Å². The molecular weight excluding hydrogens is 414 g/mol. The molecule has 7 nitrogen and oxygen atoms in total. The molecule has 0 bridgehead atoms. The van der Waals surface area contributed by atoms with Crippen LogP contribution in [0.4, 0.5) is 11.4 Å². The number of carbonyl (C=O) groups is 1. The molecule has 2 aromatic carbocycles. The van der Waals surface area contributed by atoms with Gasteiger partial charge < -0.3 is 15.4 Å². The van der Waals surface area contributed by atoms with Gasteiger partial charge in [-0.1, -0.05) is 18.9 Å². The number of hydrogen-bond acceptors (Lipinski definition) is 5. The maximum Gasteiger partial charge on any atom is 0.243 e. The highest BCUT2D eigenvalue weighted by Gasteiger charge is 2.27. The van der Waals surface area contributed by atoms with Gasteiger partial charge >= 0.3 is 0 Å². The molecule has 1 fully saturated rings. The van der Waals surface area contributed by atoms with Crippen LogP contribution in [0.25, 0.3) is 0 Å². The summed E-state index contributed by atoms with van der Waals surface area (Å²) >= 11 is 0. The van der Waals surface area contributed by atoms with Gasteiger partial charge in [0.15, 0.2) is 0 Å². The number of amides is 1. The van der Waals surface area contributed by atoms with Gasteiger partial charge in [-0.25, -0.2) is 8.42 Å². The lowest BCUT2D eigenvalue weighted by Gasteiger charge is -2.21. The van der Waals surface area contributed by atoms with Crippen molar-refractivity contribution in [2.75, 3.05) is 37.4 Å². The van der Waals surface area contributed by atoms with E-state index in [2.05, 4.69) is 10.6 Å². The van der Waals surface area contributed by atoms with E-state index in [0.29, 0.717) is 24.3 Å². The van der Waals surface area contributed by atoms with Crippen LogP contribution >= 0.6 is 0 Å². The van der Waals surface area contributed by atoms with E-state index >= 15 is 0 Å². The monoisotopic (exact) mass is 445 g/mol. The lowest BCUT2D eigenvalue weighted by atomic mass is 10.2. The summed E-state index contributed by atoms with van der Waals surface area (Å²) in [5.41, 5.74) is 2.95. The van der Waals surface area contributed by atoms with Crippen molar-refractivity contribution in [1.29, 1.82) is 0 Å². The number of carbonyl (C=O) groups excluding carboxylic acids is 1. The Morgan fingerprint density at radius 2 is 1.71 bits per heavy atom. The van der Waals surface area contributed by atoms with Gasteiger partial charge in [0.05, 0.1) is 18.6 Å². The highest BCUT2D eigenvalue weighted by molar-refractivity contribution is 7.89. The van der Waals surface area contributed by atoms with Gasteiger partial charge in [-0.15, -0.1) is 0 Å². The van der Waals surface area contributed by atoms with Crippen LogP contribution in [-0.4, -0.2) is 45.4 Å². The lowest BCUT2D eigenvalue weighted by molar-refractivity contribution is -0.114. The van der Waals surface area contributed by atoms with E-state index in [0.717, 1.165) is 42.7 Å². The van der Waals surface area contributed by atoms with Crippen LogP contribution in [0, 0.1) is 13.8 Å². The van der Waals surface area contributed by atoms with Crippen molar-refractivity contribution in [3.8, 4) is 5.75 Å². The fourth-order valence-electron chi connectivity index (χ4n) is 3.72. The second kappa shape index (κ2) is 10.2. The third-order valence-electron chi connectivity index (χ3n) is 5.53. The molecule has 2 N–H and O–H groups in total. The van der Waals surface area contributed by atoms with E-state index in [1.54, 1.807) is 36.5 Å². The first-order valence-corrected chi connectivity index (χ1v) is 12.0. The molecule has 31 heavy (non-hydrogen) atoms. The maximum atomic E-state index is 13.2. The number of hydrogen-bond donors (Lipinski definition) is 2. The third kappa shape index (κ3) is 5.77. The van der Waals surface area contributed by atoms with Crippen molar-refractivity contribution in [1.82, 2.24) is 4.31 Å². The van der Waals surface area contributed by atoms with E-state index in [4.69, 9.17) is 4.74 Å². The fourth-order valence-corrected chi connectivity index (χ4v) is 5.49. The van der Waals surface area contributed by atoms with E-state index < -0.39 is 10.0 Å². The Bertz CT molecular complexity index is 1030. The predicted octanol–water partition coefficient (Wildman–Crippen LogP) is 3.93. The van der Waals surface area contributed by atoms with E-state index in [-0.39, 0.29) is 17.3 Å². The first-order valence-electron chi connectivity index (χ1n) is 10.6. The Labute approximate surface area is 184 Å². The maximum absolute atomic E-state index is 13.2. The molecule has 0 spiro atoms. The lowest BCUT2D eigenvalue weighted by Crippen LogP contribution is -2.32. The summed E-state index contributed by atoms with van der Waals surface area (Å²) < 4.78 is 33.1. The molecule has 1 heterocycles. The number of sulfonamides is 1. The Kier molecular flexibility index (Phi) is 7.56. The summed E-state index contributed by atoms with van der Waals surface area (Å²) in [5, 5.41) is 5.91. The van der Waals surface area contributed by atoms with Crippen LogP contribution in [0.3, 0.4) is 0 Å². The average molecular weight is 446 g/mol. The standard InChI is InChI=1S/C23H31N3O4S/c1-17-8-9-19(15-22(17)31(28,29)26-12-6-4-5-7-13-26)25-23(27)16-24-21-11-10-20(30-3)14-18(21)2/h8-11,14-15,24H,4-7,12-13,16H2,1-3H3,(H,25,27). The average Bonchev–Trinajstić information content (AvgIpc) is 3.04. The number of nitrogens with one attached hydrogen (secondary N) is 2. The molecule has 1 amide bonds. The van der Waals surface area contributed by atoms with Gasteiger partial charge in [-0.3, -0.25) is 4.79 Å². The summed E-state index contributed by atoms with van der Waals surface area (Å²) in [7, 11) is -1.98. The minimum Gasteiger partial charge on any atom is -0.497 e. The molecular formula is C23H31N3O4S. The molecule has 0 saturated carbocycles. The quantitative estimate of drug-likeness (QED) is 0.674. The van der Waals surface area contributed by atoms with Crippen LogP contribution in [0.1, 0.15) is 36.8 Å². The number of rotatable bonds is 7. The summed E-state index contributed by atoms with van der Waals surface area (Å²) in [6, 6.07) is 10.6. The molecule has 1 aliphatic heterocycles. The Morgan fingerprint density at radius 3 is 2.35 bits per heavy atom. The largest absolute Gasteiger partial charge is 0.497 e.